The molecule has 35 heavy (non-hydrogen) atoms. The van der Waals surface area contributed by atoms with E-state index in [9.17, 15) is 27.6 Å². The largest absolute Gasteiger partial charge is 0.497 e. The number of anilines is 3. The number of nitrogens with zero attached hydrogens (tertiary/aromatic N) is 2. The lowest BCUT2D eigenvalue weighted by atomic mass is 10.1. The van der Waals surface area contributed by atoms with Crippen molar-refractivity contribution >= 4 is 46.5 Å². The van der Waals surface area contributed by atoms with Gasteiger partial charge in [0.2, 0.25) is 0 Å². The number of halogens is 4. The number of aromatic nitrogens is 1. The van der Waals surface area contributed by atoms with E-state index in [2.05, 4.69) is 15.6 Å². The van der Waals surface area contributed by atoms with Crippen LogP contribution in [0.5, 0.6) is 5.75 Å². The molecule has 0 aliphatic rings. The Kier molecular flexibility index (Phi) is 7.60. The van der Waals surface area contributed by atoms with Crippen LogP contribution in [0.25, 0.3) is 0 Å². The maximum atomic E-state index is 12.9. The highest BCUT2D eigenvalue weighted by molar-refractivity contribution is 6.30. The van der Waals surface area contributed by atoms with Gasteiger partial charge in [-0.2, -0.15) is 13.2 Å². The van der Waals surface area contributed by atoms with Gasteiger partial charge in [-0.05, 0) is 54.6 Å². The number of rotatable bonds is 6. The van der Waals surface area contributed by atoms with Crippen molar-refractivity contribution < 1.29 is 32.3 Å². The minimum absolute atomic E-state index is 0.0520. The molecule has 3 rings (SSSR count). The first-order chi connectivity index (χ1) is 16.5. The Labute approximate surface area is 202 Å². The molecular formula is C23H18ClF3N4O4. The number of benzene rings is 2. The van der Waals surface area contributed by atoms with Crippen LogP contribution in [0, 0.1) is 0 Å². The van der Waals surface area contributed by atoms with Gasteiger partial charge in [0, 0.05) is 24.5 Å². The molecule has 0 atom stereocenters. The van der Waals surface area contributed by atoms with Gasteiger partial charge < -0.3 is 20.3 Å². The fourth-order valence-corrected chi connectivity index (χ4v) is 3.03. The summed E-state index contributed by atoms with van der Waals surface area (Å²) in [6.45, 7) is 0. The van der Waals surface area contributed by atoms with Crippen molar-refractivity contribution in [3.63, 3.8) is 0 Å². The summed E-state index contributed by atoms with van der Waals surface area (Å²) in [5.41, 5.74) is 0.254. The topological polar surface area (TPSA) is 101 Å². The SMILES string of the molecule is COc1ccc(NC(=O)c2ccc(N(C)C(=O)C(F)(F)F)cc2)c(C(=O)Nc2ccc(Cl)cn2)c1. The number of carbonyl (C=O) groups is 3. The Morgan fingerprint density at radius 2 is 1.66 bits per heavy atom. The van der Waals surface area contributed by atoms with Gasteiger partial charge >= 0.3 is 12.1 Å². The number of nitrogens with one attached hydrogen (secondary N) is 2. The van der Waals surface area contributed by atoms with Gasteiger partial charge in [0.15, 0.2) is 0 Å². The number of alkyl halides is 3. The second-order valence-corrected chi connectivity index (χ2v) is 7.53. The number of hydrogen-bond acceptors (Lipinski definition) is 5. The molecule has 3 aromatic rings. The predicted molar refractivity (Wildman–Crippen MR) is 124 cm³/mol. The molecule has 0 unspecified atom stereocenters. The van der Waals surface area contributed by atoms with Crippen LogP contribution in [0.1, 0.15) is 20.7 Å². The third-order valence-electron chi connectivity index (χ3n) is 4.75. The first-order valence-electron chi connectivity index (χ1n) is 9.87. The average molecular weight is 507 g/mol. The Morgan fingerprint density at radius 3 is 2.23 bits per heavy atom. The molecule has 182 valence electrons. The van der Waals surface area contributed by atoms with E-state index >= 15 is 0 Å². The maximum Gasteiger partial charge on any atom is 0.471 e. The van der Waals surface area contributed by atoms with Gasteiger partial charge in [0.1, 0.15) is 11.6 Å². The highest BCUT2D eigenvalue weighted by atomic mass is 35.5. The summed E-state index contributed by atoms with van der Waals surface area (Å²) in [4.78, 5) is 41.4. The van der Waals surface area contributed by atoms with E-state index in [0.29, 0.717) is 15.7 Å². The fraction of sp³-hybridized carbons (Fsp3) is 0.130. The normalized spacial score (nSPS) is 10.9. The molecule has 0 radical (unpaired) electrons. The monoisotopic (exact) mass is 506 g/mol. The summed E-state index contributed by atoms with van der Waals surface area (Å²) in [6, 6.07) is 12.4. The third kappa shape index (κ3) is 6.27. The highest BCUT2D eigenvalue weighted by Gasteiger charge is 2.41. The molecule has 12 heteroatoms. The van der Waals surface area contributed by atoms with Crippen LogP contribution in [-0.2, 0) is 4.79 Å². The quantitative estimate of drug-likeness (QED) is 0.501. The van der Waals surface area contributed by atoms with Gasteiger partial charge in [0.25, 0.3) is 11.8 Å². The Bertz CT molecular complexity index is 1250. The first-order valence-corrected chi connectivity index (χ1v) is 10.2. The average Bonchev–Trinajstić information content (AvgIpc) is 2.84. The zero-order valence-corrected chi connectivity index (χ0v) is 19.1. The fourth-order valence-electron chi connectivity index (χ4n) is 2.92. The molecule has 0 aliphatic carbocycles. The standard InChI is InChI=1S/C23H18ClF3N4O4/c1-31(22(34)23(25,26)27)15-6-3-13(4-7-15)20(32)29-18-9-8-16(35-2)11-17(18)21(33)30-19-10-5-14(24)12-28-19/h3-12H,1-2H3,(H,29,32)(H,28,30,33). The number of amides is 3. The van der Waals surface area contributed by atoms with Crippen LogP contribution in [0.15, 0.2) is 60.8 Å². The molecular weight excluding hydrogens is 489 g/mol. The minimum atomic E-state index is -5.03. The lowest BCUT2D eigenvalue weighted by Gasteiger charge is -2.19. The van der Waals surface area contributed by atoms with Gasteiger partial charge in [-0.15, -0.1) is 0 Å². The summed E-state index contributed by atoms with van der Waals surface area (Å²) < 4.78 is 43.1. The van der Waals surface area contributed by atoms with Crippen molar-refractivity contribution in [3.8, 4) is 5.75 Å². The van der Waals surface area contributed by atoms with Crippen LogP contribution in [0.3, 0.4) is 0 Å². The molecule has 0 saturated carbocycles. The first kappa shape index (κ1) is 25.5. The second-order valence-electron chi connectivity index (χ2n) is 7.09. The number of pyridine rings is 1. The summed E-state index contributed by atoms with van der Waals surface area (Å²) in [6.07, 6.45) is -3.67. The van der Waals surface area contributed by atoms with Gasteiger partial charge in [-0.1, -0.05) is 11.6 Å². The number of carbonyl (C=O) groups excluding carboxylic acids is 3. The lowest BCUT2D eigenvalue weighted by Crippen LogP contribution is -2.38. The molecule has 0 saturated heterocycles. The molecule has 1 aromatic heterocycles. The molecule has 0 fully saturated rings. The smallest absolute Gasteiger partial charge is 0.471 e. The lowest BCUT2D eigenvalue weighted by molar-refractivity contribution is -0.170. The van der Waals surface area contributed by atoms with Crippen LogP contribution >= 0.6 is 11.6 Å². The summed E-state index contributed by atoms with van der Waals surface area (Å²) in [5.74, 6) is -2.67. The van der Waals surface area contributed by atoms with E-state index in [0.717, 1.165) is 7.05 Å². The molecule has 0 aliphatic heterocycles. The number of hydrogen-bond donors (Lipinski definition) is 2. The van der Waals surface area contributed by atoms with Crippen LogP contribution in [0.4, 0.5) is 30.4 Å². The van der Waals surface area contributed by atoms with Crippen molar-refractivity contribution in [2.24, 2.45) is 0 Å². The molecule has 0 bridgehead atoms. The van der Waals surface area contributed by atoms with E-state index in [-0.39, 0.29) is 28.3 Å². The van der Waals surface area contributed by atoms with Gasteiger partial charge in [-0.3, -0.25) is 14.4 Å². The minimum Gasteiger partial charge on any atom is -0.497 e. The van der Waals surface area contributed by atoms with Crippen molar-refractivity contribution in [1.29, 1.82) is 0 Å². The molecule has 0 spiro atoms. The third-order valence-corrected chi connectivity index (χ3v) is 4.98. The van der Waals surface area contributed by atoms with E-state index in [1.54, 1.807) is 6.07 Å². The van der Waals surface area contributed by atoms with Crippen LogP contribution in [-0.4, -0.2) is 43.0 Å². The predicted octanol–water partition coefficient (Wildman–Crippen LogP) is 4.77. The van der Waals surface area contributed by atoms with Crippen LogP contribution in [0.2, 0.25) is 5.02 Å². The van der Waals surface area contributed by atoms with Gasteiger partial charge in [0.05, 0.1) is 23.4 Å². The molecule has 2 N–H and O–H groups in total. The van der Waals surface area contributed by atoms with E-state index in [1.807, 2.05) is 0 Å². The van der Waals surface area contributed by atoms with Crippen molar-refractivity contribution in [2.75, 3.05) is 29.7 Å². The number of ether oxygens (including phenoxy) is 1. The molecule has 8 nitrogen and oxygen atoms in total. The summed E-state index contributed by atoms with van der Waals surface area (Å²) in [7, 11) is 2.39. The Morgan fingerprint density at radius 1 is 0.971 bits per heavy atom. The number of methoxy groups -OCH3 is 1. The highest BCUT2D eigenvalue weighted by Crippen LogP contribution is 2.25. The zero-order valence-electron chi connectivity index (χ0n) is 18.3. The summed E-state index contributed by atoms with van der Waals surface area (Å²) >= 11 is 5.80. The van der Waals surface area contributed by atoms with E-state index < -0.39 is 23.9 Å². The Hall–Kier alpha value is -4.12. The van der Waals surface area contributed by atoms with Crippen molar-refractivity contribution in [2.45, 2.75) is 6.18 Å². The van der Waals surface area contributed by atoms with Crippen molar-refractivity contribution in [3.05, 3.63) is 76.9 Å². The van der Waals surface area contributed by atoms with Crippen molar-refractivity contribution in [1.82, 2.24) is 4.98 Å². The zero-order chi connectivity index (χ0) is 25.8. The molecule has 3 amide bonds. The second kappa shape index (κ2) is 10.4. The maximum absolute atomic E-state index is 12.9. The molecule has 1 heterocycles. The van der Waals surface area contributed by atoms with E-state index in [4.69, 9.17) is 16.3 Å². The molecule has 2 aromatic carbocycles. The van der Waals surface area contributed by atoms with Gasteiger partial charge in [-0.25, -0.2) is 4.98 Å². The Balaban J connectivity index is 1.80. The van der Waals surface area contributed by atoms with Crippen LogP contribution < -0.4 is 20.3 Å². The summed E-state index contributed by atoms with van der Waals surface area (Å²) in [5, 5.41) is 5.57. The van der Waals surface area contributed by atoms with E-state index in [1.165, 1.54) is 61.8 Å².